The number of halogens is 3. The molecule has 0 atom stereocenters. The first-order valence-electron chi connectivity index (χ1n) is 7.90. The molecule has 0 fully saturated rings. The number of pyridine rings is 1. The smallest absolute Gasteiger partial charge is 0.433 e. The lowest BCUT2D eigenvalue weighted by Gasteiger charge is -2.11. The van der Waals surface area contributed by atoms with Gasteiger partial charge in [0, 0.05) is 29.6 Å². The molecular weight excluding hydrogens is 375 g/mol. The highest BCUT2D eigenvalue weighted by Crippen LogP contribution is 2.33. The summed E-state index contributed by atoms with van der Waals surface area (Å²) in [7, 11) is 0. The Morgan fingerprint density at radius 3 is 2.46 bits per heavy atom. The second kappa shape index (κ2) is 7.06. The first kappa shape index (κ1) is 17.6. The summed E-state index contributed by atoms with van der Waals surface area (Å²) in [6.45, 7) is 0. The quantitative estimate of drug-likeness (QED) is 0.515. The van der Waals surface area contributed by atoms with E-state index in [0.717, 1.165) is 6.07 Å². The largest absolute Gasteiger partial charge is 0.439 e. The number of hydrogen-bond donors (Lipinski definition) is 0. The number of rotatable bonds is 4. The van der Waals surface area contributed by atoms with Gasteiger partial charge in [-0.2, -0.15) is 18.2 Å². The molecule has 3 heterocycles. The van der Waals surface area contributed by atoms with E-state index in [2.05, 4.69) is 25.1 Å². The lowest BCUT2D eigenvalue weighted by molar-refractivity contribution is -0.141. The monoisotopic (exact) mass is 385 g/mol. The highest BCUT2D eigenvalue weighted by atomic mass is 19.4. The Balaban J connectivity index is 1.72. The molecule has 4 rings (SSSR count). The normalized spacial score (nSPS) is 11.4. The molecule has 28 heavy (non-hydrogen) atoms. The van der Waals surface area contributed by atoms with E-state index in [1.807, 2.05) is 0 Å². The summed E-state index contributed by atoms with van der Waals surface area (Å²) in [4.78, 5) is 11.5. The third kappa shape index (κ3) is 3.80. The third-order valence-electron chi connectivity index (χ3n) is 3.60. The van der Waals surface area contributed by atoms with Crippen molar-refractivity contribution in [2.24, 2.45) is 0 Å². The van der Waals surface area contributed by atoms with Gasteiger partial charge in [-0.3, -0.25) is 4.98 Å². The van der Waals surface area contributed by atoms with E-state index < -0.39 is 11.9 Å². The van der Waals surface area contributed by atoms with Crippen LogP contribution in [0.1, 0.15) is 5.69 Å². The summed E-state index contributed by atoms with van der Waals surface area (Å²) < 4.78 is 50.5. The number of ether oxygens (including phenoxy) is 1. The van der Waals surface area contributed by atoms with Gasteiger partial charge < -0.3 is 9.15 Å². The number of nitrogens with zero attached hydrogens (tertiary/aromatic N) is 5. The number of alkyl halides is 3. The average molecular weight is 385 g/mol. The molecule has 7 nitrogen and oxygen atoms in total. The third-order valence-corrected chi connectivity index (χ3v) is 3.60. The fourth-order valence-corrected chi connectivity index (χ4v) is 2.36. The van der Waals surface area contributed by atoms with Crippen LogP contribution in [0.4, 0.5) is 13.2 Å². The summed E-state index contributed by atoms with van der Waals surface area (Å²) in [6.07, 6.45) is -0.612. The van der Waals surface area contributed by atoms with Crippen LogP contribution in [0.15, 0.2) is 65.7 Å². The van der Waals surface area contributed by atoms with Crippen LogP contribution in [0.2, 0.25) is 0 Å². The van der Waals surface area contributed by atoms with E-state index in [9.17, 15) is 13.2 Å². The second-order valence-corrected chi connectivity index (χ2v) is 5.52. The molecule has 0 bridgehead atoms. The fourth-order valence-electron chi connectivity index (χ4n) is 2.36. The molecule has 0 unspecified atom stereocenters. The van der Waals surface area contributed by atoms with Crippen LogP contribution >= 0.6 is 0 Å². The molecule has 10 heteroatoms. The average Bonchev–Trinajstić information content (AvgIpc) is 3.23. The Kier molecular flexibility index (Phi) is 4.44. The molecule has 0 spiro atoms. The van der Waals surface area contributed by atoms with Crippen molar-refractivity contribution in [3.05, 3.63) is 66.9 Å². The van der Waals surface area contributed by atoms with Crippen LogP contribution < -0.4 is 4.74 Å². The van der Waals surface area contributed by atoms with E-state index in [0.29, 0.717) is 11.1 Å². The molecule has 0 N–H and O–H groups in total. The standard InChI is InChI=1S/C18H10F3N5O2/c19-18(20,21)14-9-15(25-16(24-14)11-4-6-22-7-5-11)28-13-3-1-2-12(8-13)17-26-23-10-27-17/h1-10H. The van der Waals surface area contributed by atoms with Crippen LogP contribution in [0.25, 0.3) is 22.8 Å². The predicted molar refractivity (Wildman–Crippen MR) is 90.1 cm³/mol. The predicted octanol–water partition coefficient (Wildman–Crippen LogP) is 4.40. The number of aromatic nitrogens is 5. The molecule has 3 aromatic heterocycles. The van der Waals surface area contributed by atoms with E-state index in [1.54, 1.807) is 24.3 Å². The minimum absolute atomic E-state index is 0.125. The molecule has 0 saturated heterocycles. The summed E-state index contributed by atoms with van der Waals surface area (Å²) in [6, 6.07) is 10.2. The van der Waals surface area contributed by atoms with Crippen LogP contribution in [0.5, 0.6) is 11.6 Å². The zero-order valence-corrected chi connectivity index (χ0v) is 14.0. The summed E-state index contributed by atoms with van der Waals surface area (Å²) >= 11 is 0. The van der Waals surface area contributed by atoms with Gasteiger partial charge in [0.25, 0.3) is 0 Å². The van der Waals surface area contributed by atoms with Crippen LogP contribution in [-0.2, 0) is 6.18 Å². The van der Waals surface area contributed by atoms with Gasteiger partial charge >= 0.3 is 6.18 Å². The second-order valence-electron chi connectivity index (χ2n) is 5.52. The highest BCUT2D eigenvalue weighted by Gasteiger charge is 2.34. The van der Waals surface area contributed by atoms with E-state index in [4.69, 9.17) is 9.15 Å². The molecule has 0 radical (unpaired) electrons. The minimum atomic E-state index is -4.66. The maximum atomic E-state index is 13.3. The minimum Gasteiger partial charge on any atom is -0.439 e. The van der Waals surface area contributed by atoms with Crippen molar-refractivity contribution in [1.29, 1.82) is 0 Å². The molecule has 1 aromatic carbocycles. The van der Waals surface area contributed by atoms with Crippen LogP contribution in [0, 0.1) is 0 Å². The van der Waals surface area contributed by atoms with Crippen molar-refractivity contribution in [3.8, 4) is 34.5 Å². The van der Waals surface area contributed by atoms with Crippen LogP contribution in [-0.4, -0.2) is 25.1 Å². The Hall–Kier alpha value is -3.82. The zero-order chi connectivity index (χ0) is 19.6. The fraction of sp³-hybridized carbons (Fsp3) is 0.0556. The Bertz CT molecular complexity index is 1090. The van der Waals surface area contributed by atoms with Gasteiger partial charge in [0.1, 0.15) is 5.75 Å². The SMILES string of the molecule is FC(F)(F)c1cc(Oc2cccc(-c3nnco3)c2)nc(-c2ccncc2)n1. The molecule has 4 aromatic rings. The molecule has 140 valence electrons. The topological polar surface area (TPSA) is 86.8 Å². The maximum absolute atomic E-state index is 13.3. The number of benzene rings is 1. The first-order chi connectivity index (χ1) is 13.5. The van der Waals surface area contributed by atoms with Crippen molar-refractivity contribution in [3.63, 3.8) is 0 Å². The molecule has 0 aliphatic heterocycles. The van der Waals surface area contributed by atoms with Crippen molar-refractivity contribution < 1.29 is 22.3 Å². The van der Waals surface area contributed by atoms with E-state index >= 15 is 0 Å². The maximum Gasteiger partial charge on any atom is 0.433 e. The van der Waals surface area contributed by atoms with E-state index in [1.165, 1.54) is 30.9 Å². The molecule has 0 amide bonds. The van der Waals surface area contributed by atoms with Crippen molar-refractivity contribution in [1.82, 2.24) is 25.1 Å². The zero-order valence-electron chi connectivity index (χ0n) is 14.0. The molecule has 0 saturated carbocycles. The molecule has 0 aliphatic rings. The molecular formula is C18H10F3N5O2. The van der Waals surface area contributed by atoms with Crippen molar-refractivity contribution in [2.75, 3.05) is 0 Å². The van der Waals surface area contributed by atoms with Gasteiger partial charge in [0.2, 0.25) is 18.2 Å². The summed E-state index contributed by atoms with van der Waals surface area (Å²) in [5.74, 6) is 0.127. The van der Waals surface area contributed by atoms with Gasteiger partial charge in [-0.05, 0) is 30.3 Å². The van der Waals surface area contributed by atoms with E-state index in [-0.39, 0.29) is 23.3 Å². The van der Waals surface area contributed by atoms with Crippen molar-refractivity contribution >= 4 is 0 Å². The Morgan fingerprint density at radius 2 is 1.75 bits per heavy atom. The van der Waals surface area contributed by atoms with Gasteiger partial charge in [0.15, 0.2) is 11.5 Å². The van der Waals surface area contributed by atoms with Gasteiger partial charge in [0.05, 0.1) is 0 Å². The van der Waals surface area contributed by atoms with Crippen molar-refractivity contribution in [2.45, 2.75) is 6.18 Å². The first-order valence-corrected chi connectivity index (χ1v) is 7.90. The Morgan fingerprint density at radius 1 is 0.929 bits per heavy atom. The highest BCUT2D eigenvalue weighted by molar-refractivity contribution is 5.57. The van der Waals surface area contributed by atoms with Gasteiger partial charge in [-0.25, -0.2) is 4.98 Å². The summed E-state index contributed by atoms with van der Waals surface area (Å²) in [5.41, 5.74) is -0.183. The molecule has 0 aliphatic carbocycles. The number of hydrogen-bond acceptors (Lipinski definition) is 7. The van der Waals surface area contributed by atoms with Crippen LogP contribution in [0.3, 0.4) is 0 Å². The lowest BCUT2D eigenvalue weighted by atomic mass is 10.2. The summed E-state index contributed by atoms with van der Waals surface area (Å²) in [5, 5.41) is 7.37. The van der Waals surface area contributed by atoms with Gasteiger partial charge in [-0.15, -0.1) is 10.2 Å². The lowest BCUT2D eigenvalue weighted by Crippen LogP contribution is -2.10. The van der Waals surface area contributed by atoms with Gasteiger partial charge in [-0.1, -0.05) is 6.07 Å². The Labute approximate surface area is 155 Å².